The fourth-order valence-electron chi connectivity index (χ4n) is 1.76. The highest BCUT2D eigenvalue weighted by atomic mass is 35.5. The number of benzene rings is 1. The molecule has 0 fully saturated rings. The Labute approximate surface area is 97.1 Å². The lowest BCUT2D eigenvalue weighted by Crippen LogP contribution is -2.04. The van der Waals surface area contributed by atoms with Gasteiger partial charge in [-0.15, -0.1) is 0 Å². The maximum absolute atomic E-state index is 9.33. The molecule has 1 unspecified atom stereocenters. The van der Waals surface area contributed by atoms with Crippen molar-refractivity contribution in [2.75, 3.05) is 6.61 Å². The molecule has 1 aromatic rings. The Morgan fingerprint density at radius 1 is 1.33 bits per heavy atom. The highest BCUT2D eigenvalue weighted by molar-refractivity contribution is 6.30. The fourth-order valence-corrected chi connectivity index (χ4v) is 1.96. The first-order valence-corrected chi connectivity index (χ1v) is 6.02. The number of halogens is 1. The number of hydrogen-bond donors (Lipinski definition) is 1. The molecule has 1 nitrogen and oxygen atoms in total. The molecule has 15 heavy (non-hydrogen) atoms. The van der Waals surface area contributed by atoms with Gasteiger partial charge in [-0.1, -0.05) is 49.9 Å². The molecular weight excluding hydrogens is 208 g/mol. The summed E-state index contributed by atoms with van der Waals surface area (Å²) in [5.41, 5.74) is 1.15. The van der Waals surface area contributed by atoms with Crippen LogP contribution in [0.5, 0.6) is 0 Å². The normalized spacial score (nSPS) is 12.7. The zero-order valence-corrected chi connectivity index (χ0v) is 10.0. The molecule has 0 aliphatic carbocycles. The molecular formula is C13H19ClO. The molecule has 0 amide bonds. The smallest absolute Gasteiger partial charge is 0.0499 e. The van der Waals surface area contributed by atoms with Crippen LogP contribution in [0.25, 0.3) is 0 Å². The monoisotopic (exact) mass is 226 g/mol. The van der Waals surface area contributed by atoms with E-state index >= 15 is 0 Å². The summed E-state index contributed by atoms with van der Waals surface area (Å²) in [6.45, 7) is 2.40. The lowest BCUT2D eigenvalue weighted by Gasteiger charge is -2.14. The van der Waals surface area contributed by atoms with Crippen molar-refractivity contribution in [1.82, 2.24) is 0 Å². The summed E-state index contributed by atoms with van der Waals surface area (Å²) in [7, 11) is 0. The van der Waals surface area contributed by atoms with E-state index in [0.29, 0.717) is 0 Å². The van der Waals surface area contributed by atoms with Crippen molar-refractivity contribution in [2.24, 2.45) is 0 Å². The van der Waals surface area contributed by atoms with E-state index in [1.807, 2.05) is 24.3 Å². The Morgan fingerprint density at radius 2 is 2.13 bits per heavy atom. The van der Waals surface area contributed by atoms with Gasteiger partial charge >= 0.3 is 0 Å². The van der Waals surface area contributed by atoms with Crippen molar-refractivity contribution in [2.45, 2.75) is 38.5 Å². The average molecular weight is 227 g/mol. The van der Waals surface area contributed by atoms with Gasteiger partial charge in [-0.3, -0.25) is 0 Å². The summed E-state index contributed by atoms with van der Waals surface area (Å²) in [5, 5.41) is 10.1. The van der Waals surface area contributed by atoms with Crippen LogP contribution in [0.4, 0.5) is 0 Å². The van der Waals surface area contributed by atoms with Crippen molar-refractivity contribution in [3.63, 3.8) is 0 Å². The standard InChI is InChI=1S/C13H19ClO/c1-2-3-4-6-12(10-15)11-7-5-8-13(14)9-11/h5,7-9,12,15H,2-4,6,10H2,1H3. The van der Waals surface area contributed by atoms with E-state index < -0.39 is 0 Å². The number of aliphatic hydroxyl groups is 1. The van der Waals surface area contributed by atoms with Gasteiger partial charge in [-0.2, -0.15) is 0 Å². The van der Waals surface area contributed by atoms with Gasteiger partial charge in [0.25, 0.3) is 0 Å². The number of rotatable bonds is 6. The topological polar surface area (TPSA) is 20.2 Å². The molecule has 0 heterocycles. The van der Waals surface area contributed by atoms with Gasteiger partial charge in [0.1, 0.15) is 0 Å². The van der Waals surface area contributed by atoms with Crippen LogP contribution in [0.2, 0.25) is 5.02 Å². The van der Waals surface area contributed by atoms with Gasteiger partial charge < -0.3 is 5.11 Å². The van der Waals surface area contributed by atoms with Crippen LogP contribution in [0, 0.1) is 0 Å². The van der Waals surface area contributed by atoms with Crippen molar-refractivity contribution < 1.29 is 5.11 Å². The summed E-state index contributed by atoms with van der Waals surface area (Å²) < 4.78 is 0. The molecule has 0 saturated heterocycles. The van der Waals surface area contributed by atoms with Crippen LogP contribution < -0.4 is 0 Å². The lowest BCUT2D eigenvalue weighted by molar-refractivity contribution is 0.256. The first kappa shape index (κ1) is 12.5. The quantitative estimate of drug-likeness (QED) is 0.728. The number of unbranched alkanes of at least 4 members (excludes halogenated alkanes) is 2. The zero-order valence-electron chi connectivity index (χ0n) is 9.25. The summed E-state index contributed by atoms with van der Waals surface area (Å²) in [4.78, 5) is 0. The second-order valence-corrected chi connectivity index (χ2v) is 4.37. The SMILES string of the molecule is CCCCCC(CO)c1cccc(Cl)c1. The molecule has 1 rings (SSSR count). The summed E-state index contributed by atoms with van der Waals surface area (Å²) in [5.74, 6) is 0.246. The van der Waals surface area contributed by atoms with Crippen LogP contribution in [0.15, 0.2) is 24.3 Å². The molecule has 0 radical (unpaired) electrons. The minimum atomic E-state index is 0.212. The van der Waals surface area contributed by atoms with E-state index in [9.17, 15) is 5.11 Å². The molecule has 1 aromatic carbocycles. The third-order valence-electron chi connectivity index (χ3n) is 2.70. The van der Waals surface area contributed by atoms with E-state index in [4.69, 9.17) is 11.6 Å². The molecule has 2 heteroatoms. The second kappa shape index (κ2) is 6.86. The molecule has 1 atom stereocenters. The zero-order chi connectivity index (χ0) is 11.1. The Hall–Kier alpha value is -0.530. The Morgan fingerprint density at radius 3 is 2.73 bits per heavy atom. The van der Waals surface area contributed by atoms with Crippen molar-refractivity contribution in [1.29, 1.82) is 0 Å². The van der Waals surface area contributed by atoms with E-state index in [1.165, 1.54) is 19.3 Å². The predicted molar refractivity (Wildman–Crippen MR) is 65.4 cm³/mol. The van der Waals surface area contributed by atoms with E-state index in [-0.39, 0.29) is 12.5 Å². The Kier molecular flexibility index (Phi) is 5.74. The van der Waals surface area contributed by atoms with Crippen LogP contribution in [0.3, 0.4) is 0 Å². The Bertz CT molecular complexity index is 286. The van der Waals surface area contributed by atoms with Crippen LogP contribution in [0.1, 0.15) is 44.1 Å². The van der Waals surface area contributed by atoms with E-state index in [0.717, 1.165) is 17.0 Å². The third-order valence-corrected chi connectivity index (χ3v) is 2.93. The molecule has 84 valence electrons. The minimum absolute atomic E-state index is 0.212. The minimum Gasteiger partial charge on any atom is -0.396 e. The molecule has 0 bridgehead atoms. The van der Waals surface area contributed by atoms with Crippen LogP contribution in [-0.2, 0) is 0 Å². The first-order valence-electron chi connectivity index (χ1n) is 5.64. The lowest BCUT2D eigenvalue weighted by atomic mass is 9.94. The van der Waals surface area contributed by atoms with Gasteiger partial charge in [-0.25, -0.2) is 0 Å². The van der Waals surface area contributed by atoms with Crippen molar-refractivity contribution >= 4 is 11.6 Å². The molecule has 0 aliphatic rings. The molecule has 0 aromatic heterocycles. The molecule has 0 saturated carbocycles. The summed E-state index contributed by atoms with van der Waals surface area (Å²) >= 11 is 5.93. The maximum atomic E-state index is 9.33. The predicted octanol–water partition coefficient (Wildman–Crippen LogP) is 4.00. The van der Waals surface area contributed by atoms with Gasteiger partial charge in [-0.05, 0) is 24.1 Å². The van der Waals surface area contributed by atoms with Crippen molar-refractivity contribution in [3.8, 4) is 0 Å². The molecule has 1 N–H and O–H groups in total. The van der Waals surface area contributed by atoms with Crippen molar-refractivity contribution in [3.05, 3.63) is 34.9 Å². The van der Waals surface area contributed by atoms with Gasteiger partial charge in [0.15, 0.2) is 0 Å². The van der Waals surface area contributed by atoms with Gasteiger partial charge in [0, 0.05) is 17.5 Å². The highest BCUT2D eigenvalue weighted by Crippen LogP contribution is 2.24. The summed E-state index contributed by atoms with van der Waals surface area (Å²) in [6, 6.07) is 7.80. The summed E-state index contributed by atoms with van der Waals surface area (Å²) in [6.07, 6.45) is 4.67. The van der Waals surface area contributed by atoms with Gasteiger partial charge in [0.2, 0.25) is 0 Å². The molecule has 0 spiro atoms. The second-order valence-electron chi connectivity index (χ2n) is 3.93. The number of hydrogen-bond acceptors (Lipinski definition) is 1. The van der Waals surface area contributed by atoms with E-state index in [2.05, 4.69) is 6.92 Å². The third kappa shape index (κ3) is 4.23. The number of aliphatic hydroxyl groups excluding tert-OH is 1. The van der Waals surface area contributed by atoms with E-state index in [1.54, 1.807) is 0 Å². The van der Waals surface area contributed by atoms with Crippen LogP contribution in [-0.4, -0.2) is 11.7 Å². The maximum Gasteiger partial charge on any atom is 0.0499 e. The van der Waals surface area contributed by atoms with Crippen LogP contribution >= 0.6 is 11.6 Å². The van der Waals surface area contributed by atoms with Gasteiger partial charge in [0.05, 0.1) is 0 Å². The highest BCUT2D eigenvalue weighted by Gasteiger charge is 2.09. The first-order chi connectivity index (χ1) is 7.27. The fraction of sp³-hybridized carbons (Fsp3) is 0.538. The average Bonchev–Trinajstić information content (AvgIpc) is 2.24. The Balaban J connectivity index is 2.57. The largest absolute Gasteiger partial charge is 0.396 e. The molecule has 0 aliphatic heterocycles.